The second-order valence-corrected chi connectivity index (χ2v) is 10.4. The second-order valence-electron chi connectivity index (χ2n) is 10.4. The molecule has 3 aromatic carbocycles. The van der Waals surface area contributed by atoms with Crippen molar-refractivity contribution in [3.8, 4) is 11.1 Å². The predicted octanol–water partition coefficient (Wildman–Crippen LogP) is 5.49. The molecule has 1 aliphatic rings. The fourth-order valence-electron chi connectivity index (χ4n) is 5.29. The molecule has 0 spiro atoms. The highest BCUT2D eigenvalue weighted by Gasteiger charge is 2.30. The number of aryl methyl sites for hydroxylation is 1. The first kappa shape index (κ1) is 27.9. The molecule has 4 rings (SSSR count). The monoisotopic (exact) mass is 528 g/mol. The lowest BCUT2D eigenvalue weighted by Gasteiger charge is -2.28. The summed E-state index contributed by atoms with van der Waals surface area (Å²) in [5, 5.41) is 12.4. The van der Waals surface area contributed by atoms with Gasteiger partial charge in [-0.3, -0.25) is 9.59 Å². The van der Waals surface area contributed by atoms with Crippen LogP contribution in [0.4, 0.5) is 4.79 Å². The number of carbonyl (C=O) groups excluding carboxylic acids is 2. The molecule has 204 valence electrons. The summed E-state index contributed by atoms with van der Waals surface area (Å²) in [5.41, 5.74) is 5.57. The zero-order valence-corrected chi connectivity index (χ0v) is 22.5. The summed E-state index contributed by atoms with van der Waals surface area (Å²) in [4.78, 5) is 38.8. The number of hydrogen-bond donors (Lipinski definition) is 2. The van der Waals surface area contributed by atoms with Crippen molar-refractivity contribution in [1.82, 2.24) is 10.2 Å². The van der Waals surface area contributed by atoms with Gasteiger partial charge in [0, 0.05) is 18.9 Å². The molecule has 2 amide bonds. The van der Waals surface area contributed by atoms with Gasteiger partial charge in [0.15, 0.2) is 0 Å². The molecule has 0 fully saturated rings. The molecule has 39 heavy (non-hydrogen) atoms. The molecule has 0 aromatic heterocycles. The number of nitrogens with zero attached hydrogens (tertiary/aromatic N) is 1. The van der Waals surface area contributed by atoms with Gasteiger partial charge in [-0.15, -0.1) is 0 Å². The lowest BCUT2D eigenvalue weighted by molar-refractivity contribution is -0.144. The number of aliphatic carboxylic acids is 1. The van der Waals surface area contributed by atoms with Crippen molar-refractivity contribution in [1.29, 1.82) is 0 Å². The molecule has 0 bridgehead atoms. The minimum atomic E-state index is -1.09. The second kappa shape index (κ2) is 13.1. The van der Waals surface area contributed by atoms with Crippen molar-refractivity contribution in [3.05, 3.63) is 95.6 Å². The highest BCUT2D eigenvalue weighted by molar-refractivity contribution is 5.82. The minimum Gasteiger partial charge on any atom is -0.480 e. The Hall–Kier alpha value is -4.13. The van der Waals surface area contributed by atoms with E-state index in [0.717, 1.165) is 27.8 Å². The van der Waals surface area contributed by atoms with E-state index in [1.54, 1.807) is 0 Å². The van der Waals surface area contributed by atoms with Gasteiger partial charge < -0.3 is 20.1 Å². The van der Waals surface area contributed by atoms with Crippen LogP contribution in [0.2, 0.25) is 0 Å². The number of carboxylic acid groups (broad SMARTS) is 1. The van der Waals surface area contributed by atoms with Gasteiger partial charge in [0.2, 0.25) is 5.91 Å². The quantitative estimate of drug-likeness (QED) is 0.324. The zero-order chi connectivity index (χ0) is 27.8. The van der Waals surface area contributed by atoms with E-state index in [1.807, 2.05) is 68.4 Å². The average Bonchev–Trinajstić information content (AvgIpc) is 3.24. The van der Waals surface area contributed by atoms with E-state index < -0.39 is 24.6 Å². The zero-order valence-electron chi connectivity index (χ0n) is 22.5. The van der Waals surface area contributed by atoms with E-state index in [4.69, 9.17) is 4.74 Å². The summed E-state index contributed by atoms with van der Waals surface area (Å²) in [6.07, 6.45) is 0.711. The molecule has 0 saturated carbocycles. The van der Waals surface area contributed by atoms with Crippen molar-refractivity contribution in [3.63, 3.8) is 0 Å². The average molecular weight is 529 g/mol. The Bertz CT molecular complexity index is 1240. The van der Waals surface area contributed by atoms with Crippen molar-refractivity contribution in [2.45, 2.75) is 45.1 Å². The van der Waals surface area contributed by atoms with E-state index in [9.17, 15) is 19.5 Å². The molecule has 1 atom stereocenters. The molecular weight excluding hydrogens is 492 g/mol. The van der Waals surface area contributed by atoms with Gasteiger partial charge in [-0.25, -0.2) is 4.79 Å². The number of carboxylic acids is 1. The standard InChI is InChI=1S/C32H36N2O5/c1-22(2)18-24(19-34(20-31(36)37)30(35)17-16-23-10-4-3-5-11-23)33-32(38)39-21-29-27-14-8-6-12-25(27)26-13-7-9-15-28(26)29/h3-15,22,24,29H,16-21H2,1-2H3,(H,33,38)(H,36,37)/t24-/m0/s1. The SMILES string of the molecule is CC(C)C[C@@H](CN(CC(=O)O)C(=O)CCc1ccccc1)NC(=O)OCC1c2ccccc2-c2ccccc21. The van der Waals surface area contributed by atoms with Gasteiger partial charge in [-0.05, 0) is 46.6 Å². The van der Waals surface area contributed by atoms with Gasteiger partial charge >= 0.3 is 12.1 Å². The first-order valence-electron chi connectivity index (χ1n) is 13.5. The van der Waals surface area contributed by atoms with E-state index in [0.29, 0.717) is 12.8 Å². The van der Waals surface area contributed by atoms with Crippen molar-refractivity contribution < 1.29 is 24.2 Å². The molecule has 2 N–H and O–H groups in total. The fraction of sp³-hybridized carbons (Fsp3) is 0.344. The largest absolute Gasteiger partial charge is 0.480 e. The van der Waals surface area contributed by atoms with Crippen molar-refractivity contribution in [2.75, 3.05) is 19.7 Å². The molecule has 0 unspecified atom stereocenters. The Kier molecular flexibility index (Phi) is 9.36. The summed E-state index contributed by atoms with van der Waals surface area (Å²) in [6, 6.07) is 25.4. The number of benzene rings is 3. The third kappa shape index (κ3) is 7.47. The van der Waals surface area contributed by atoms with Crippen LogP contribution < -0.4 is 5.32 Å². The van der Waals surface area contributed by atoms with Crippen LogP contribution in [0, 0.1) is 5.92 Å². The highest BCUT2D eigenvalue weighted by Crippen LogP contribution is 2.44. The van der Waals surface area contributed by atoms with Crippen LogP contribution in [0.5, 0.6) is 0 Å². The van der Waals surface area contributed by atoms with Crippen LogP contribution in [-0.2, 0) is 20.7 Å². The number of rotatable bonds is 12. The third-order valence-electron chi connectivity index (χ3n) is 7.01. The molecule has 1 aliphatic carbocycles. The third-order valence-corrected chi connectivity index (χ3v) is 7.01. The lowest BCUT2D eigenvalue weighted by Crippen LogP contribution is -2.48. The van der Waals surface area contributed by atoms with Crippen LogP contribution >= 0.6 is 0 Å². The first-order chi connectivity index (χ1) is 18.8. The Morgan fingerprint density at radius 1 is 0.897 bits per heavy atom. The van der Waals surface area contributed by atoms with E-state index in [2.05, 4.69) is 29.6 Å². The van der Waals surface area contributed by atoms with Gasteiger partial charge in [-0.2, -0.15) is 0 Å². The number of hydrogen-bond acceptors (Lipinski definition) is 4. The van der Waals surface area contributed by atoms with Crippen LogP contribution in [0.1, 0.15) is 49.3 Å². The smallest absolute Gasteiger partial charge is 0.407 e. The van der Waals surface area contributed by atoms with Crippen molar-refractivity contribution in [2.24, 2.45) is 5.92 Å². The number of carbonyl (C=O) groups is 3. The summed E-state index contributed by atoms with van der Waals surface area (Å²) in [7, 11) is 0. The van der Waals surface area contributed by atoms with Gasteiger partial charge in [-0.1, -0.05) is 92.7 Å². The maximum Gasteiger partial charge on any atom is 0.407 e. The molecule has 3 aromatic rings. The molecule has 7 nitrogen and oxygen atoms in total. The predicted molar refractivity (Wildman–Crippen MR) is 150 cm³/mol. The topological polar surface area (TPSA) is 95.9 Å². The number of ether oxygens (including phenoxy) is 1. The Morgan fingerprint density at radius 3 is 2.08 bits per heavy atom. The van der Waals surface area contributed by atoms with Gasteiger partial charge in [0.25, 0.3) is 0 Å². The number of nitrogens with one attached hydrogen (secondary N) is 1. The van der Waals surface area contributed by atoms with Crippen LogP contribution in [0.25, 0.3) is 11.1 Å². The maximum absolute atomic E-state index is 13.0. The number of fused-ring (bicyclic) bond motifs is 3. The van der Waals surface area contributed by atoms with E-state index >= 15 is 0 Å². The molecule has 7 heteroatoms. The van der Waals surface area contributed by atoms with Crippen LogP contribution in [0.3, 0.4) is 0 Å². The summed E-state index contributed by atoms with van der Waals surface area (Å²) in [6.45, 7) is 3.90. The fourth-order valence-corrected chi connectivity index (χ4v) is 5.29. The summed E-state index contributed by atoms with van der Waals surface area (Å²) >= 11 is 0. The lowest BCUT2D eigenvalue weighted by atomic mass is 9.98. The first-order valence-corrected chi connectivity index (χ1v) is 13.5. The molecule has 0 saturated heterocycles. The van der Waals surface area contributed by atoms with Crippen molar-refractivity contribution >= 4 is 18.0 Å². The van der Waals surface area contributed by atoms with Gasteiger partial charge in [0.05, 0.1) is 6.04 Å². The summed E-state index contributed by atoms with van der Waals surface area (Å²) in [5.74, 6) is -1.19. The normalized spacial score (nSPS) is 12.9. The summed E-state index contributed by atoms with van der Waals surface area (Å²) < 4.78 is 5.71. The molecule has 0 aliphatic heterocycles. The maximum atomic E-state index is 13.0. The van der Waals surface area contributed by atoms with E-state index in [-0.39, 0.29) is 37.3 Å². The Morgan fingerprint density at radius 2 is 1.49 bits per heavy atom. The number of alkyl carbamates (subject to hydrolysis) is 1. The minimum absolute atomic E-state index is 0.0604. The van der Waals surface area contributed by atoms with Gasteiger partial charge in [0.1, 0.15) is 13.2 Å². The molecule has 0 heterocycles. The highest BCUT2D eigenvalue weighted by atomic mass is 16.5. The van der Waals surface area contributed by atoms with Crippen LogP contribution in [-0.4, -0.2) is 53.7 Å². The Labute approximate surface area is 229 Å². The Balaban J connectivity index is 1.39. The van der Waals surface area contributed by atoms with Crippen LogP contribution in [0.15, 0.2) is 78.9 Å². The molecule has 0 radical (unpaired) electrons. The van der Waals surface area contributed by atoms with E-state index in [1.165, 1.54) is 4.90 Å². The number of amides is 2. The molecular formula is C32H36N2O5.